The van der Waals surface area contributed by atoms with E-state index in [4.69, 9.17) is 4.74 Å². The molecule has 0 unspecified atom stereocenters. The van der Waals surface area contributed by atoms with Crippen LogP contribution in [0.15, 0.2) is 29.2 Å². The molecule has 1 saturated heterocycles. The van der Waals surface area contributed by atoms with Crippen molar-refractivity contribution in [3.63, 3.8) is 0 Å². The Morgan fingerprint density at radius 1 is 1.24 bits per heavy atom. The van der Waals surface area contributed by atoms with Gasteiger partial charge in [-0.1, -0.05) is 12.1 Å². The number of morpholine rings is 1. The number of Topliss-reactive ketones (excluding diaryl/α,β-unsaturated/α-hetero) is 1. The summed E-state index contributed by atoms with van der Waals surface area (Å²) < 4.78 is 32.0. The van der Waals surface area contributed by atoms with E-state index in [1.807, 2.05) is 0 Å². The van der Waals surface area contributed by atoms with Crippen LogP contribution >= 0.6 is 0 Å². The van der Waals surface area contributed by atoms with Gasteiger partial charge in [0.1, 0.15) is 0 Å². The topological polar surface area (TPSA) is 75.7 Å². The lowest BCUT2D eigenvalue weighted by Gasteiger charge is -2.26. The van der Waals surface area contributed by atoms with Gasteiger partial charge in [0.25, 0.3) is 0 Å². The van der Waals surface area contributed by atoms with Gasteiger partial charge in [-0.25, -0.2) is 13.1 Å². The first-order valence-corrected chi connectivity index (χ1v) is 8.38. The van der Waals surface area contributed by atoms with Crippen LogP contribution in [-0.4, -0.2) is 58.5 Å². The molecule has 0 saturated carbocycles. The average Bonchev–Trinajstić information content (AvgIpc) is 2.48. The molecule has 7 heteroatoms. The summed E-state index contributed by atoms with van der Waals surface area (Å²) in [5.41, 5.74) is 0.502. The fourth-order valence-corrected chi connectivity index (χ4v) is 3.14. The van der Waals surface area contributed by atoms with E-state index in [9.17, 15) is 13.2 Å². The number of ether oxygens (including phenoxy) is 1. The van der Waals surface area contributed by atoms with E-state index in [1.165, 1.54) is 31.2 Å². The summed E-state index contributed by atoms with van der Waals surface area (Å²) in [5.74, 6) is -0.0841. The molecule has 1 heterocycles. The lowest BCUT2D eigenvalue weighted by atomic mass is 10.2. The minimum absolute atomic E-state index is 0.0841. The third-order valence-corrected chi connectivity index (χ3v) is 4.87. The molecule has 116 valence electrons. The fraction of sp³-hybridized carbons (Fsp3) is 0.500. The highest BCUT2D eigenvalue weighted by molar-refractivity contribution is 7.89. The average molecular weight is 312 g/mol. The van der Waals surface area contributed by atoms with Gasteiger partial charge in [-0.15, -0.1) is 0 Å². The maximum absolute atomic E-state index is 12.1. The molecule has 0 spiro atoms. The molecule has 0 aromatic heterocycles. The van der Waals surface area contributed by atoms with Gasteiger partial charge in [0.2, 0.25) is 10.0 Å². The Morgan fingerprint density at radius 2 is 1.86 bits per heavy atom. The summed E-state index contributed by atoms with van der Waals surface area (Å²) in [6, 6.07) is 5.96. The molecule has 1 aliphatic rings. The number of sulfonamides is 1. The highest BCUT2D eigenvalue weighted by Gasteiger charge is 2.15. The van der Waals surface area contributed by atoms with Crippen LogP contribution in [0.5, 0.6) is 0 Å². The SMILES string of the molecule is CC(=O)c1ccc(S(=O)(=O)NCCN2CCOCC2)cc1. The molecule has 1 fully saturated rings. The van der Waals surface area contributed by atoms with Gasteiger partial charge >= 0.3 is 0 Å². The Kier molecular flexibility index (Phi) is 5.46. The van der Waals surface area contributed by atoms with Gasteiger partial charge < -0.3 is 4.74 Å². The van der Waals surface area contributed by atoms with Crippen molar-refractivity contribution in [3.8, 4) is 0 Å². The van der Waals surface area contributed by atoms with Crippen molar-refractivity contribution in [2.45, 2.75) is 11.8 Å². The van der Waals surface area contributed by atoms with Crippen molar-refractivity contribution in [2.24, 2.45) is 0 Å². The summed E-state index contributed by atoms with van der Waals surface area (Å²) in [4.78, 5) is 13.5. The van der Waals surface area contributed by atoms with E-state index in [1.54, 1.807) is 0 Å². The molecule has 6 nitrogen and oxygen atoms in total. The number of rotatable bonds is 6. The van der Waals surface area contributed by atoms with Crippen molar-refractivity contribution in [2.75, 3.05) is 39.4 Å². The minimum atomic E-state index is -3.52. The Morgan fingerprint density at radius 3 is 2.43 bits per heavy atom. The molecule has 1 aromatic carbocycles. The van der Waals surface area contributed by atoms with E-state index in [2.05, 4.69) is 9.62 Å². The largest absolute Gasteiger partial charge is 0.379 e. The highest BCUT2D eigenvalue weighted by atomic mass is 32.2. The van der Waals surface area contributed by atoms with Crippen LogP contribution in [0.2, 0.25) is 0 Å². The lowest BCUT2D eigenvalue weighted by Crippen LogP contribution is -2.41. The Hall–Kier alpha value is -1.28. The van der Waals surface area contributed by atoms with Crippen molar-refractivity contribution in [1.82, 2.24) is 9.62 Å². The van der Waals surface area contributed by atoms with Crippen LogP contribution in [0, 0.1) is 0 Å². The first-order valence-electron chi connectivity index (χ1n) is 6.90. The first kappa shape index (κ1) is 16.1. The molecule has 0 aliphatic carbocycles. The van der Waals surface area contributed by atoms with E-state index in [0.29, 0.717) is 31.9 Å². The van der Waals surface area contributed by atoms with E-state index in [-0.39, 0.29) is 10.7 Å². The first-order chi connectivity index (χ1) is 9.99. The zero-order valence-corrected chi connectivity index (χ0v) is 12.9. The standard InChI is InChI=1S/C14H20N2O4S/c1-12(17)13-2-4-14(5-3-13)21(18,19)15-6-7-16-8-10-20-11-9-16/h2-5,15H,6-11H2,1H3. The molecule has 0 bridgehead atoms. The summed E-state index contributed by atoms with van der Waals surface area (Å²) in [6.07, 6.45) is 0. The van der Waals surface area contributed by atoms with Gasteiger partial charge in [0, 0.05) is 31.7 Å². The quantitative estimate of drug-likeness (QED) is 0.774. The Bertz CT molecular complexity index is 577. The number of carbonyl (C=O) groups excluding carboxylic acids is 1. The van der Waals surface area contributed by atoms with E-state index < -0.39 is 10.0 Å². The summed E-state index contributed by atoms with van der Waals surface area (Å²) in [6.45, 7) is 5.51. The maximum Gasteiger partial charge on any atom is 0.240 e. The maximum atomic E-state index is 12.1. The lowest BCUT2D eigenvalue weighted by molar-refractivity contribution is 0.0390. The fourth-order valence-electron chi connectivity index (χ4n) is 2.12. The molecular weight excluding hydrogens is 292 g/mol. The number of hydrogen-bond acceptors (Lipinski definition) is 5. The molecular formula is C14H20N2O4S. The van der Waals surface area contributed by atoms with E-state index in [0.717, 1.165) is 13.1 Å². The van der Waals surface area contributed by atoms with Crippen molar-refractivity contribution in [3.05, 3.63) is 29.8 Å². The van der Waals surface area contributed by atoms with Crippen molar-refractivity contribution < 1.29 is 17.9 Å². The summed E-state index contributed by atoms with van der Waals surface area (Å²) >= 11 is 0. The van der Waals surface area contributed by atoms with Gasteiger partial charge in [-0.2, -0.15) is 0 Å². The Labute approximate surface area is 125 Å². The number of ketones is 1. The second-order valence-corrected chi connectivity index (χ2v) is 6.70. The smallest absolute Gasteiger partial charge is 0.240 e. The van der Waals surface area contributed by atoms with Gasteiger partial charge in [-0.3, -0.25) is 9.69 Å². The van der Waals surface area contributed by atoms with Crippen LogP contribution in [0.25, 0.3) is 0 Å². The van der Waals surface area contributed by atoms with Crippen LogP contribution < -0.4 is 4.72 Å². The third kappa shape index (κ3) is 4.60. The van der Waals surface area contributed by atoms with E-state index >= 15 is 0 Å². The number of nitrogens with one attached hydrogen (secondary N) is 1. The summed E-state index contributed by atoms with van der Waals surface area (Å²) in [7, 11) is -3.52. The zero-order chi connectivity index (χ0) is 15.3. The van der Waals surface area contributed by atoms with Gasteiger partial charge in [0.05, 0.1) is 18.1 Å². The number of benzene rings is 1. The zero-order valence-electron chi connectivity index (χ0n) is 12.0. The highest BCUT2D eigenvalue weighted by Crippen LogP contribution is 2.10. The predicted molar refractivity (Wildman–Crippen MR) is 78.9 cm³/mol. The monoisotopic (exact) mass is 312 g/mol. The van der Waals surface area contributed by atoms with Crippen LogP contribution in [0.4, 0.5) is 0 Å². The third-order valence-electron chi connectivity index (χ3n) is 3.39. The number of carbonyl (C=O) groups is 1. The molecule has 0 atom stereocenters. The van der Waals surface area contributed by atoms with Crippen molar-refractivity contribution >= 4 is 15.8 Å². The molecule has 1 aliphatic heterocycles. The van der Waals surface area contributed by atoms with Crippen LogP contribution in [0.3, 0.4) is 0 Å². The Balaban J connectivity index is 1.90. The molecule has 21 heavy (non-hydrogen) atoms. The predicted octanol–water partition coefficient (Wildman–Crippen LogP) is 0.500. The van der Waals surface area contributed by atoms with Crippen LogP contribution in [-0.2, 0) is 14.8 Å². The second kappa shape index (κ2) is 7.13. The van der Waals surface area contributed by atoms with Crippen LogP contribution in [0.1, 0.15) is 17.3 Å². The normalized spacial score (nSPS) is 16.8. The number of nitrogens with zero attached hydrogens (tertiary/aromatic N) is 1. The van der Waals surface area contributed by atoms with Gasteiger partial charge in [-0.05, 0) is 19.1 Å². The van der Waals surface area contributed by atoms with Gasteiger partial charge in [0.15, 0.2) is 5.78 Å². The summed E-state index contributed by atoms with van der Waals surface area (Å²) in [5, 5.41) is 0. The molecule has 1 aromatic rings. The molecule has 0 radical (unpaired) electrons. The minimum Gasteiger partial charge on any atom is -0.379 e. The molecule has 2 rings (SSSR count). The molecule has 1 N–H and O–H groups in total. The second-order valence-electron chi connectivity index (χ2n) is 4.93. The molecule has 0 amide bonds. The van der Waals surface area contributed by atoms with Crippen molar-refractivity contribution in [1.29, 1.82) is 0 Å². The number of hydrogen-bond donors (Lipinski definition) is 1.